The van der Waals surface area contributed by atoms with Crippen molar-refractivity contribution in [2.45, 2.75) is 12.5 Å². The lowest BCUT2D eigenvalue weighted by Gasteiger charge is -2.14. The standard InChI is InChI=1S/C9H12ClFN2O/c10-5-1-2-6(11)8(9(5)14)7(13)3-4-12/h1-2,7,14H,3-4,12-13H2/t7-/m0/s1. The van der Waals surface area contributed by atoms with Crippen LogP contribution in [-0.2, 0) is 0 Å². The Morgan fingerprint density at radius 1 is 1.50 bits per heavy atom. The smallest absolute Gasteiger partial charge is 0.141 e. The molecule has 0 aliphatic rings. The second-order valence-electron chi connectivity index (χ2n) is 2.98. The van der Waals surface area contributed by atoms with Crippen LogP contribution in [0.2, 0.25) is 5.02 Å². The van der Waals surface area contributed by atoms with Crippen molar-refractivity contribution in [2.24, 2.45) is 11.5 Å². The summed E-state index contributed by atoms with van der Waals surface area (Å²) < 4.78 is 13.3. The third kappa shape index (κ3) is 2.15. The molecule has 0 heterocycles. The summed E-state index contributed by atoms with van der Waals surface area (Å²) in [6.45, 7) is 0.326. The van der Waals surface area contributed by atoms with Gasteiger partial charge in [0.25, 0.3) is 0 Å². The molecule has 1 rings (SSSR count). The lowest BCUT2D eigenvalue weighted by Crippen LogP contribution is -2.16. The van der Waals surface area contributed by atoms with Crippen LogP contribution < -0.4 is 11.5 Å². The Hall–Kier alpha value is -0.840. The molecular formula is C9H12ClFN2O. The van der Waals surface area contributed by atoms with Crippen LogP contribution in [-0.4, -0.2) is 11.7 Å². The average molecular weight is 219 g/mol. The quantitative estimate of drug-likeness (QED) is 0.721. The number of benzene rings is 1. The number of nitrogens with two attached hydrogens (primary N) is 2. The summed E-state index contributed by atoms with van der Waals surface area (Å²) in [4.78, 5) is 0. The van der Waals surface area contributed by atoms with Gasteiger partial charge in [-0.05, 0) is 25.1 Å². The van der Waals surface area contributed by atoms with E-state index in [1.807, 2.05) is 0 Å². The molecule has 0 saturated heterocycles. The van der Waals surface area contributed by atoms with Crippen molar-refractivity contribution in [2.75, 3.05) is 6.54 Å². The molecule has 0 radical (unpaired) electrons. The Morgan fingerprint density at radius 2 is 2.14 bits per heavy atom. The maximum Gasteiger partial charge on any atom is 0.141 e. The molecule has 14 heavy (non-hydrogen) atoms. The van der Waals surface area contributed by atoms with Crippen molar-refractivity contribution >= 4 is 11.6 Å². The van der Waals surface area contributed by atoms with E-state index in [1.54, 1.807) is 0 Å². The summed E-state index contributed by atoms with van der Waals surface area (Å²) >= 11 is 5.63. The number of phenols is 1. The van der Waals surface area contributed by atoms with Crippen LogP contribution in [0.1, 0.15) is 18.0 Å². The fourth-order valence-electron chi connectivity index (χ4n) is 1.23. The van der Waals surface area contributed by atoms with Crippen molar-refractivity contribution in [3.63, 3.8) is 0 Å². The molecule has 5 N–H and O–H groups in total. The summed E-state index contributed by atoms with van der Waals surface area (Å²) in [5.74, 6) is -0.861. The molecule has 3 nitrogen and oxygen atoms in total. The number of hydrogen-bond acceptors (Lipinski definition) is 3. The predicted octanol–water partition coefficient (Wildman–Crippen LogP) is 1.53. The van der Waals surface area contributed by atoms with Gasteiger partial charge in [-0.3, -0.25) is 0 Å². The first-order chi connectivity index (χ1) is 6.57. The Bertz CT molecular complexity index is 333. The van der Waals surface area contributed by atoms with Crippen LogP contribution >= 0.6 is 11.6 Å². The van der Waals surface area contributed by atoms with Crippen molar-refractivity contribution in [1.82, 2.24) is 0 Å². The fourth-order valence-corrected chi connectivity index (χ4v) is 1.40. The van der Waals surface area contributed by atoms with E-state index in [9.17, 15) is 9.50 Å². The van der Waals surface area contributed by atoms with E-state index in [4.69, 9.17) is 23.1 Å². The lowest BCUT2D eigenvalue weighted by atomic mass is 10.0. The van der Waals surface area contributed by atoms with E-state index in [1.165, 1.54) is 12.1 Å². The molecule has 0 spiro atoms. The van der Waals surface area contributed by atoms with Gasteiger partial charge < -0.3 is 16.6 Å². The van der Waals surface area contributed by atoms with Crippen LogP contribution in [0.5, 0.6) is 5.75 Å². The van der Waals surface area contributed by atoms with E-state index in [-0.39, 0.29) is 16.3 Å². The molecule has 0 aliphatic heterocycles. The van der Waals surface area contributed by atoms with Gasteiger partial charge in [0.2, 0.25) is 0 Å². The topological polar surface area (TPSA) is 72.3 Å². The summed E-state index contributed by atoms with van der Waals surface area (Å²) in [5, 5.41) is 9.57. The minimum absolute atomic E-state index is 0.0305. The third-order valence-corrected chi connectivity index (χ3v) is 2.27. The Labute approximate surface area is 86.5 Å². The highest BCUT2D eigenvalue weighted by Crippen LogP contribution is 2.33. The zero-order chi connectivity index (χ0) is 10.7. The number of halogens is 2. The third-order valence-electron chi connectivity index (χ3n) is 1.96. The number of aromatic hydroxyl groups is 1. The van der Waals surface area contributed by atoms with Crippen molar-refractivity contribution in [1.29, 1.82) is 0 Å². The molecular weight excluding hydrogens is 207 g/mol. The number of hydrogen-bond donors (Lipinski definition) is 3. The zero-order valence-electron chi connectivity index (χ0n) is 7.50. The molecule has 0 aromatic heterocycles. The molecule has 1 atom stereocenters. The normalized spacial score (nSPS) is 12.9. The molecule has 0 unspecified atom stereocenters. The van der Waals surface area contributed by atoms with Gasteiger partial charge in [0.1, 0.15) is 11.6 Å². The van der Waals surface area contributed by atoms with E-state index >= 15 is 0 Å². The monoisotopic (exact) mass is 218 g/mol. The fraction of sp³-hybridized carbons (Fsp3) is 0.333. The van der Waals surface area contributed by atoms with Crippen LogP contribution in [0.15, 0.2) is 12.1 Å². The predicted molar refractivity (Wildman–Crippen MR) is 53.7 cm³/mol. The van der Waals surface area contributed by atoms with Crippen molar-refractivity contribution in [3.05, 3.63) is 28.5 Å². The van der Waals surface area contributed by atoms with Gasteiger partial charge in [-0.1, -0.05) is 11.6 Å². The largest absolute Gasteiger partial charge is 0.506 e. The van der Waals surface area contributed by atoms with Gasteiger partial charge in [-0.2, -0.15) is 0 Å². The lowest BCUT2D eigenvalue weighted by molar-refractivity contribution is 0.446. The SMILES string of the molecule is NCC[C@H](N)c1c(F)ccc(Cl)c1O. The van der Waals surface area contributed by atoms with Crippen LogP contribution in [0.25, 0.3) is 0 Å². The first-order valence-corrected chi connectivity index (χ1v) is 4.58. The first kappa shape index (κ1) is 11.2. The molecule has 0 saturated carbocycles. The molecule has 78 valence electrons. The summed E-state index contributed by atoms with van der Waals surface area (Å²) in [6.07, 6.45) is 0.394. The van der Waals surface area contributed by atoms with Gasteiger partial charge in [-0.25, -0.2) is 4.39 Å². The van der Waals surface area contributed by atoms with Gasteiger partial charge in [0.15, 0.2) is 0 Å². The summed E-state index contributed by atoms with van der Waals surface area (Å²) in [5.41, 5.74) is 11.0. The Morgan fingerprint density at radius 3 is 2.71 bits per heavy atom. The molecule has 0 aliphatic carbocycles. The summed E-state index contributed by atoms with van der Waals surface area (Å²) in [7, 11) is 0. The van der Waals surface area contributed by atoms with E-state index < -0.39 is 11.9 Å². The molecule has 0 amide bonds. The van der Waals surface area contributed by atoms with Gasteiger partial charge in [0.05, 0.1) is 5.02 Å². The minimum Gasteiger partial charge on any atom is -0.506 e. The highest BCUT2D eigenvalue weighted by molar-refractivity contribution is 6.32. The van der Waals surface area contributed by atoms with Gasteiger partial charge >= 0.3 is 0 Å². The maximum absolute atomic E-state index is 13.3. The van der Waals surface area contributed by atoms with Gasteiger partial charge in [-0.15, -0.1) is 0 Å². The van der Waals surface area contributed by atoms with E-state index in [2.05, 4.69) is 0 Å². The molecule has 0 fully saturated rings. The van der Waals surface area contributed by atoms with Crippen LogP contribution in [0.3, 0.4) is 0 Å². The van der Waals surface area contributed by atoms with Crippen molar-refractivity contribution in [3.8, 4) is 5.75 Å². The Kier molecular flexibility index (Phi) is 3.69. The highest BCUT2D eigenvalue weighted by Gasteiger charge is 2.17. The minimum atomic E-state index is -0.626. The Balaban J connectivity index is 3.11. The number of phenolic OH excluding ortho intramolecular Hbond substituents is 1. The molecule has 1 aromatic carbocycles. The van der Waals surface area contributed by atoms with Crippen LogP contribution in [0.4, 0.5) is 4.39 Å². The van der Waals surface area contributed by atoms with Gasteiger partial charge in [0, 0.05) is 11.6 Å². The van der Waals surface area contributed by atoms with Crippen LogP contribution in [0, 0.1) is 5.82 Å². The maximum atomic E-state index is 13.3. The zero-order valence-corrected chi connectivity index (χ0v) is 8.26. The van der Waals surface area contributed by atoms with E-state index in [0.717, 1.165) is 0 Å². The highest BCUT2D eigenvalue weighted by atomic mass is 35.5. The molecule has 1 aromatic rings. The number of rotatable bonds is 3. The molecule has 5 heteroatoms. The van der Waals surface area contributed by atoms with E-state index in [0.29, 0.717) is 13.0 Å². The first-order valence-electron chi connectivity index (χ1n) is 4.20. The summed E-state index contributed by atoms with van der Waals surface area (Å²) in [6, 6.07) is 1.83. The van der Waals surface area contributed by atoms with Crippen molar-refractivity contribution < 1.29 is 9.50 Å². The molecule has 0 bridgehead atoms. The average Bonchev–Trinajstić information content (AvgIpc) is 2.13. The second-order valence-corrected chi connectivity index (χ2v) is 3.38. The second kappa shape index (κ2) is 4.59.